The van der Waals surface area contributed by atoms with Gasteiger partial charge in [-0.3, -0.25) is 10.2 Å². The lowest BCUT2D eigenvalue weighted by Gasteiger charge is -2.09. The van der Waals surface area contributed by atoms with Crippen LogP contribution in [-0.4, -0.2) is 18.9 Å². The van der Waals surface area contributed by atoms with Crippen molar-refractivity contribution < 1.29 is 13.2 Å². The summed E-state index contributed by atoms with van der Waals surface area (Å²) in [7, 11) is -2.08. The molecule has 1 aromatic heterocycles. The zero-order chi connectivity index (χ0) is 16.3. The third-order valence-electron chi connectivity index (χ3n) is 2.84. The number of rotatable bonds is 5. The van der Waals surface area contributed by atoms with Crippen LogP contribution < -0.4 is 10.3 Å². The lowest BCUT2D eigenvalue weighted by atomic mass is 10.2. The van der Waals surface area contributed by atoms with Crippen LogP contribution in [0.5, 0.6) is 0 Å². The number of aromatic nitrogens is 1. The van der Waals surface area contributed by atoms with E-state index in [0.717, 1.165) is 0 Å². The maximum atomic E-state index is 11.9. The minimum Gasteiger partial charge on any atom is -0.347 e. The van der Waals surface area contributed by atoms with Crippen molar-refractivity contribution in [3.63, 3.8) is 0 Å². The molecule has 2 rings (SSSR count). The highest BCUT2D eigenvalue weighted by Gasteiger charge is 2.15. The van der Waals surface area contributed by atoms with Crippen LogP contribution in [0.15, 0.2) is 36.5 Å². The van der Waals surface area contributed by atoms with E-state index in [0.29, 0.717) is 16.3 Å². The van der Waals surface area contributed by atoms with Crippen molar-refractivity contribution in [1.82, 2.24) is 14.8 Å². The highest BCUT2D eigenvalue weighted by Crippen LogP contribution is 2.23. The van der Waals surface area contributed by atoms with Gasteiger partial charge < -0.3 is 4.57 Å². The van der Waals surface area contributed by atoms with Crippen LogP contribution in [0, 0.1) is 0 Å². The van der Waals surface area contributed by atoms with Gasteiger partial charge in [-0.25, -0.2) is 8.42 Å². The highest BCUT2D eigenvalue weighted by molar-refractivity contribution is 7.88. The second-order valence-electron chi connectivity index (χ2n) is 4.57. The van der Waals surface area contributed by atoms with Crippen LogP contribution in [0.2, 0.25) is 10.0 Å². The lowest BCUT2D eigenvalue weighted by molar-refractivity contribution is 0.0937. The average Bonchev–Trinajstić information content (AvgIpc) is 2.86. The third kappa shape index (κ3) is 4.23. The third-order valence-corrected chi connectivity index (χ3v) is 4.70. The van der Waals surface area contributed by atoms with Gasteiger partial charge in [0.2, 0.25) is 10.0 Å². The molecule has 0 radical (unpaired) electrons. The number of hydrogen-bond donors (Lipinski definition) is 2. The van der Waals surface area contributed by atoms with Crippen molar-refractivity contribution in [2.24, 2.45) is 7.05 Å². The van der Waals surface area contributed by atoms with Crippen LogP contribution >= 0.6 is 23.2 Å². The normalized spacial score (nSPS) is 11.4. The van der Waals surface area contributed by atoms with Gasteiger partial charge in [0.05, 0.1) is 15.8 Å². The largest absolute Gasteiger partial charge is 0.347 e. The van der Waals surface area contributed by atoms with Crippen molar-refractivity contribution >= 4 is 39.1 Å². The van der Waals surface area contributed by atoms with Crippen LogP contribution in [0.1, 0.15) is 16.1 Å². The Bertz CT molecular complexity index is 803. The van der Waals surface area contributed by atoms with Gasteiger partial charge in [0.1, 0.15) is 5.69 Å². The number of aryl methyl sites for hydroxylation is 1. The summed E-state index contributed by atoms with van der Waals surface area (Å²) < 4.78 is 25.5. The average molecular weight is 362 g/mol. The molecule has 1 aromatic carbocycles. The minimum atomic E-state index is -3.76. The van der Waals surface area contributed by atoms with Gasteiger partial charge in [-0.1, -0.05) is 29.3 Å². The molecule has 0 aliphatic rings. The Labute approximate surface area is 138 Å². The van der Waals surface area contributed by atoms with Crippen LogP contribution in [0.25, 0.3) is 0 Å². The first-order chi connectivity index (χ1) is 10.3. The first kappa shape index (κ1) is 16.8. The monoisotopic (exact) mass is 361 g/mol. The first-order valence-electron chi connectivity index (χ1n) is 6.13. The fourth-order valence-electron chi connectivity index (χ4n) is 1.77. The number of hydrazine groups is 1. The Hall–Kier alpha value is -1.54. The van der Waals surface area contributed by atoms with Gasteiger partial charge in [0.25, 0.3) is 5.91 Å². The van der Waals surface area contributed by atoms with Crippen molar-refractivity contribution in [2.75, 3.05) is 0 Å². The molecule has 2 aromatic rings. The summed E-state index contributed by atoms with van der Waals surface area (Å²) in [5, 5.41) is 0.606. The van der Waals surface area contributed by atoms with Gasteiger partial charge >= 0.3 is 0 Å². The molecule has 0 atom stereocenters. The summed E-state index contributed by atoms with van der Waals surface area (Å²) in [6.07, 6.45) is 1.68. The smallest absolute Gasteiger partial charge is 0.282 e. The predicted molar refractivity (Wildman–Crippen MR) is 85.1 cm³/mol. The molecule has 0 fully saturated rings. The van der Waals surface area contributed by atoms with Crippen LogP contribution in [-0.2, 0) is 22.8 Å². The molecule has 0 aliphatic heterocycles. The van der Waals surface area contributed by atoms with E-state index in [1.54, 1.807) is 36.0 Å². The van der Waals surface area contributed by atoms with E-state index in [1.807, 2.05) is 4.83 Å². The number of nitrogens with one attached hydrogen (secondary N) is 2. The van der Waals surface area contributed by atoms with Gasteiger partial charge in [0.15, 0.2) is 0 Å². The molecule has 1 heterocycles. The molecule has 118 valence electrons. The Morgan fingerprint density at radius 2 is 1.95 bits per heavy atom. The Morgan fingerprint density at radius 3 is 2.55 bits per heavy atom. The molecular formula is C13H13Cl2N3O3S. The van der Waals surface area contributed by atoms with Gasteiger partial charge in [-0.15, -0.1) is 4.83 Å². The summed E-state index contributed by atoms with van der Waals surface area (Å²) in [6, 6.07) is 7.77. The number of nitrogens with zero attached hydrogens (tertiary/aromatic N) is 1. The zero-order valence-electron chi connectivity index (χ0n) is 11.5. The van der Waals surface area contributed by atoms with Gasteiger partial charge in [-0.2, -0.15) is 0 Å². The van der Waals surface area contributed by atoms with E-state index >= 15 is 0 Å². The molecule has 0 unspecified atom stereocenters. The standard InChI is InChI=1S/C13H13Cl2N3O3S/c1-18-6-2-3-12(18)13(19)16-17-22(20,21)8-9-4-5-10(14)11(15)7-9/h2-7,17H,8H2,1H3,(H,16,19). The molecule has 0 saturated carbocycles. The summed E-state index contributed by atoms with van der Waals surface area (Å²) in [5.74, 6) is -0.887. The fraction of sp³-hybridized carbons (Fsp3) is 0.154. The second-order valence-corrected chi connectivity index (χ2v) is 7.10. The molecular weight excluding hydrogens is 349 g/mol. The molecule has 1 amide bonds. The molecule has 2 N–H and O–H groups in total. The van der Waals surface area contributed by atoms with E-state index in [4.69, 9.17) is 23.2 Å². The first-order valence-corrected chi connectivity index (χ1v) is 8.54. The van der Waals surface area contributed by atoms with Crippen molar-refractivity contribution in [3.8, 4) is 0 Å². The molecule has 0 saturated heterocycles. The maximum Gasteiger partial charge on any atom is 0.282 e. The molecule has 0 spiro atoms. The number of amides is 1. The molecule has 0 aliphatic carbocycles. The van der Waals surface area contributed by atoms with E-state index in [1.165, 1.54) is 12.1 Å². The van der Waals surface area contributed by atoms with E-state index in [2.05, 4.69) is 5.43 Å². The second kappa shape index (κ2) is 6.70. The van der Waals surface area contributed by atoms with Gasteiger partial charge in [0, 0.05) is 13.2 Å². The molecule has 9 heteroatoms. The van der Waals surface area contributed by atoms with Crippen LogP contribution in [0.4, 0.5) is 0 Å². The molecule has 0 bridgehead atoms. The quantitative estimate of drug-likeness (QED) is 0.800. The summed E-state index contributed by atoms with van der Waals surface area (Å²) >= 11 is 11.6. The number of benzene rings is 1. The number of carbonyl (C=O) groups is 1. The number of sulfonamides is 1. The number of halogens is 2. The van der Waals surface area contributed by atoms with Gasteiger partial charge in [-0.05, 0) is 29.8 Å². The fourth-order valence-corrected chi connectivity index (χ4v) is 3.03. The number of carbonyl (C=O) groups excluding carboxylic acids is 1. The zero-order valence-corrected chi connectivity index (χ0v) is 13.8. The topological polar surface area (TPSA) is 80.2 Å². The van der Waals surface area contributed by atoms with Crippen molar-refractivity contribution in [1.29, 1.82) is 0 Å². The lowest BCUT2D eigenvalue weighted by Crippen LogP contribution is -2.42. The highest BCUT2D eigenvalue weighted by atomic mass is 35.5. The predicted octanol–water partition coefficient (Wildman–Crippen LogP) is 2.10. The SMILES string of the molecule is Cn1cccc1C(=O)NNS(=O)(=O)Cc1ccc(Cl)c(Cl)c1. The Kier molecular flexibility index (Phi) is 5.12. The van der Waals surface area contributed by atoms with Crippen LogP contribution in [0.3, 0.4) is 0 Å². The van der Waals surface area contributed by atoms with E-state index in [-0.39, 0.29) is 10.8 Å². The number of hydrogen-bond acceptors (Lipinski definition) is 3. The summed E-state index contributed by atoms with van der Waals surface area (Å²) in [4.78, 5) is 13.9. The minimum absolute atomic E-state index is 0.266. The maximum absolute atomic E-state index is 11.9. The van der Waals surface area contributed by atoms with E-state index < -0.39 is 15.9 Å². The van der Waals surface area contributed by atoms with E-state index in [9.17, 15) is 13.2 Å². The van der Waals surface area contributed by atoms with Crippen molar-refractivity contribution in [3.05, 3.63) is 57.8 Å². The molecule has 6 nitrogen and oxygen atoms in total. The summed E-state index contributed by atoms with van der Waals surface area (Å²) in [6.45, 7) is 0. The molecule has 22 heavy (non-hydrogen) atoms. The summed E-state index contributed by atoms with van der Waals surface area (Å²) in [5.41, 5.74) is 2.94. The van der Waals surface area contributed by atoms with Crippen molar-refractivity contribution in [2.45, 2.75) is 5.75 Å². The Morgan fingerprint density at radius 1 is 1.23 bits per heavy atom. The Balaban J connectivity index is 2.01.